The topological polar surface area (TPSA) is 46.5 Å². The molecule has 0 aromatic rings. The maximum atomic E-state index is 11.0. The van der Waals surface area contributed by atoms with Crippen LogP contribution in [0.1, 0.15) is 26.7 Å². The Balaban J connectivity index is 2.31. The lowest BCUT2D eigenvalue weighted by Crippen LogP contribution is -2.26. The number of carbonyl (C=O) groups is 1. The third-order valence-electron chi connectivity index (χ3n) is 2.06. The first-order valence-corrected chi connectivity index (χ1v) is 4.01. The van der Waals surface area contributed by atoms with Gasteiger partial charge in [0.15, 0.2) is 5.60 Å². The van der Waals surface area contributed by atoms with E-state index in [0.717, 1.165) is 6.42 Å². The first-order valence-electron chi connectivity index (χ1n) is 4.01. The highest BCUT2D eigenvalue weighted by Gasteiger charge is 2.57. The summed E-state index contributed by atoms with van der Waals surface area (Å²) in [5.41, 5.74) is -1.14. The molecule has 0 amide bonds. The predicted molar refractivity (Wildman–Crippen MR) is 40.0 cm³/mol. The highest BCUT2D eigenvalue weighted by atomic mass is 16.6. The fraction of sp³-hybridized carbons (Fsp3) is 0.875. The van der Waals surface area contributed by atoms with Gasteiger partial charge < -0.3 is 9.84 Å². The van der Waals surface area contributed by atoms with E-state index in [4.69, 9.17) is 4.74 Å². The average molecular weight is 158 g/mol. The molecule has 0 radical (unpaired) electrons. The Morgan fingerprint density at radius 1 is 1.82 bits per heavy atom. The van der Waals surface area contributed by atoms with E-state index in [1.807, 2.05) is 13.8 Å². The first-order chi connectivity index (χ1) is 5.11. The highest BCUT2D eigenvalue weighted by molar-refractivity contribution is 5.83. The van der Waals surface area contributed by atoms with Crippen molar-refractivity contribution in [3.05, 3.63) is 0 Å². The average Bonchev–Trinajstić information content (AvgIpc) is 2.56. The predicted octanol–water partition coefficient (Wildman–Crippen LogP) is 0.711. The van der Waals surface area contributed by atoms with Gasteiger partial charge in [-0.05, 0) is 18.8 Å². The fourth-order valence-corrected chi connectivity index (χ4v) is 1.01. The van der Waals surface area contributed by atoms with Gasteiger partial charge in [-0.15, -0.1) is 0 Å². The molecule has 3 heteroatoms. The molecule has 2 atom stereocenters. The van der Waals surface area contributed by atoms with E-state index in [2.05, 4.69) is 0 Å². The zero-order valence-electron chi connectivity index (χ0n) is 6.96. The van der Waals surface area contributed by atoms with Crippen LogP contribution in [0.2, 0.25) is 0 Å². The van der Waals surface area contributed by atoms with E-state index in [1.54, 1.807) is 0 Å². The molecular weight excluding hydrogens is 144 g/mol. The number of carbonyl (C=O) groups excluding carboxylic acids is 1. The van der Waals surface area contributed by atoms with Gasteiger partial charge in [-0.3, -0.25) is 0 Å². The second kappa shape index (κ2) is 2.81. The number of esters is 1. The lowest BCUT2D eigenvalue weighted by atomic mass is 10.3. The first kappa shape index (κ1) is 8.53. The molecule has 1 fully saturated rings. The Labute approximate surface area is 66.4 Å². The molecule has 1 aliphatic rings. The minimum absolute atomic E-state index is 0.0758. The molecule has 0 heterocycles. The van der Waals surface area contributed by atoms with Gasteiger partial charge in [0.05, 0.1) is 6.61 Å². The minimum atomic E-state index is -1.14. The maximum Gasteiger partial charge on any atom is 0.338 e. The molecule has 0 saturated heterocycles. The minimum Gasteiger partial charge on any atom is -0.464 e. The van der Waals surface area contributed by atoms with Gasteiger partial charge in [0.1, 0.15) is 0 Å². The van der Waals surface area contributed by atoms with Crippen molar-refractivity contribution in [2.24, 2.45) is 5.92 Å². The molecule has 0 spiro atoms. The Morgan fingerprint density at radius 2 is 2.36 bits per heavy atom. The van der Waals surface area contributed by atoms with E-state index in [0.29, 0.717) is 13.0 Å². The van der Waals surface area contributed by atoms with Crippen LogP contribution in [0.5, 0.6) is 0 Å². The third-order valence-corrected chi connectivity index (χ3v) is 2.06. The van der Waals surface area contributed by atoms with Crippen LogP contribution in [-0.4, -0.2) is 23.3 Å². The van der Waals surface area contributed by atoms with Crippen molar-refractivity contribution in [1.29, 1.82) is 0 Å². The summed E-state index contributed by atoms with van der Waals surface area (Å²) in [6, 6.07) is 0. The van der Waals surface area contributed by atoms with Crippen molar-refractivity contribution < 1.29 is 14.6 Å². The summed E-state index contributed by atoms with van der Waals surface area (Å²) in [5, 5.41) is 9.42. The second-order valence-corrected chi connectivity index (χ2v) is 3.17. The van der Waals surface area contributed by atoms with E-state index >= 15 is 0 Å². The SMILES string of the molecule is CCCOC(=O)C1(O)CC1C. The van der Waals surface area contributed by atoms with E-state index in [-0.39, 0.29) is 5.92 Å². The summed E-state index contributed by atoms with van der Waals surface area (Å²) in [6.07, 6.45) is 1.35. The van der Waals surface area contributed by atoms with Crippen molar-refractivity contribution in [3.8, 4) is 0 Å². The van der Waals surface area contributed by atoms with Gasteiger partial charge in [-0.2, -0.15) is 0 Å². The third kappa shape index (κ3) is 1.53. The number of hydrogen-bond donors (Lipinski definition) is 1. The lowest BCUT2D eigenvalue weighted by molar-refractivity contribution is -0.157. The summed E-state index contributed by atoms with van der Waals surface area (Å²) in [6.45, 7) is 4.18. The molecule has 11 heavy (non-hydrogen) atoms. The van der Waals surface area contributed by atoms with Crippen LogP contribution in [-0.2, 0) is 9.53 Å². The van der Waals surface area contributed by atoms with Gasteiger partial charge in [0.25, 0.3) is 0 Å². The van der Waals surface area contributed by atoms with Crippen LogP contribution in [0.4, 0.5) is 0 Å². The van der Waals surface area contributed by atoms with Gasteiger partial charge >= 0.3 is 5.97 Å². The molecule has 1 aliphatic carbocycles. The normalized spacial score (nSPS) is 35.0. The summed E-state index contributed by atoms with van der Waals surface area (Å²) >= 11 is 0. The van der Waals surface area contributed by atoms with Crippen molar-refractivity contribution in [1.82, 2.24) is 0 Å². The Morgan fingerprint density at radius 3 is 2.73 bits per heavy atom. The molecule has 1 saturated carbocycles. The molecule has 1 N–H and O–H groups in total. The Hall–Kier alpha value is -0.570. The number of ether oxygens (including phenoxy) is 1. The van der Waals surface area contributed by atoms with Crippen molar-refractivity contribution in [3.63, 3.8) is 0 Å². The molecule has 1 rings (SSSR count). The lowest BCUT2D eigenvalue weighted by Gasteiger charge is -2.07. The second-order valence-electron chi connectivity index (χ2n) is 3.17. The van der Waals surface area contributed by atoms with E-state index in [1.165, 1.54) is 0 Å². The van der Waals surface area contributed by atoms with E-state index < -0.39 is 11.6 Å². The summed E-state index contributed by atoms with van der Waals surface area (Å²) < 4.78 is 4.80. The van der Waals surface area contributed by atoms with Crippen molar-refractivity contribution in [2.45, 2.75) is 32.3 Å². The summed E-state index contributed by atoms with van der Waals surface area (Å²) in [7, 11) is 0. The van der Waals surface area contributed by atoms with Gasteiger partial charge in [0.2, 0.25) is 0 Å². The standard InChI is InChI=1S/C8H14O3/c1-3-4-11-7(9)8(10)5-6(8)2/h6,10H,3-5H2,1-2H3. The smallest absolute Gasteiger partial charge is 0.338 e. The van der Waals surface area contributed by atoms with Gasteiger partial charge in [-0.1, -0.05) is 13.8 Å². The maximum absolute atomic E-state index is 11.0. The van der Waals surface area contributed by atoms with Crippen molar-refractivity contribution in [2.75, 3.05) is 6.61 Å². The van der Waals surface area contributed by atoms with Crippen LogP contribution >= 0.6 is 0 Å². The monoisotopic (exact) mass is 158 g/mol. The Bertz CT molecular complexity index is 167. The number of aliphatic hydroxyl groups is 1. The molecule has 3 nitrogen and oxygen atoms in total. The number of hydrogen-bond acceptors (Lipinski definition) is 3. The molecule has 0 aromatic carbocycles. The van der Waals surface area contributed by atoms with E-state index in [9.17, 15) is 9.90 Å². The van der Waals surface area contributed by atoms with Crippen LogP contribution in [0, 0.1) is 5.92 Å². The Kier molecular flexibility index (Phi) is 2.18. The molecule has 0 bridgehead atoms. The molecule has 0 aromatic heterocycles. The van der Waals surface area contributed by atoms with Crippen LogP contribution < -0.4 is 0 Å². The summed E-state index contributed by atoms with van der Waals surface area (Å²) in [5.74, 6) is -0.376. The zero-order chi connectivity index (χ0) is 8.48. The highest BCUT2D eigenvalue weighted by Crippen LogP contribution is 2.43. The van der Waals surface area contributed by atoms with Crippen LogP contribution in [0.3, 0.4) is 0 Å². The van der Waals surface area contributed by atoms with Gasteiger partial charge in [0, 0.05) is 0 Å². The van der Waals surface area contributed by atoms with Crippen LogP contribution in [0.15, 0.2) is 0 Å². The van der Waals surface area contributed by atoms with Gasteiger partial charge in [-0.25, -0.2) is 4.79 Å². The summed E-state index contributed by atoms with van der Waals surface area (Å²) in [4.78, 5) is 11.0. The molecule has 64 valence electrons. The largest absolute Gasteiger partial charge is 0.464 e. The van der Waals surface area contributed by atoms with Crippen molar-refractivity contribution >= 4 is 5.97 Å². The fourth-order valence-electron chi connectivity index (χ4n) is 1.01. The molecular formula is C8H14O3. The molecule has 2 unspecified atom stereocenters. The zero-order valence-corrected chi connectivity index (χ0v) is 6.96. The molecule has 0 aliphatic heterocycles. The van der Waals surface area contributed by atoms with Crippen LogP contribution in [0.25, 0.3) is 0 Å². The number of rotatable bonds is 3. The quantitative estimate of drug-likeness (QED) is 0.615.